The number of hydrogen-bond donors (Lipinski definition) is 2. The number of hydrogen-bond acceptors (Lipinski definition) is 3. The van der Waals surface area contributed by atoms with Crippen LogP contribution in [0.5, 0.6) is 5.75 Å². The van der Waals surface area contributed by atoms with Gasteiger partial charge in [0.25, 0.3) is 0 Å². The van der Waals surface area contributed by atoms with Crippen LogP contribution in [0, 0.1) is 18.8 Å². The van der Waals surface area contributed by atoms with Crippen LogP contribution in [0.3, 0.4) is 0 Å². The number of nitrogens with one attached hydrogen (secondary N) is 2. The van der Waals surface area contributed by atoms with Crippen molar-refractivity contribution in [3.63, 3.8) is 0 Å². The number of ether oxygens (including phenoxy) is 1. The fourth-order valence-electron chi connectivity index (χ4n) is 2.75. The maximum absolute atomic E-state index is 12.4. The summed E-state index contributed by atoms with van der Waals surface area (Å²) in [6.07, 6.45) is 0.522. The molecule has 0 spiro atoms. The Balaban J connectivity index is 1.58. The number of carbonyl (C=O) groups excluding carboxylic acids is 2. The number of carbonyl (C=O) groups is 2. The molecule has 5 nitrogen and oxygen atoms in total. The molecule has 0 aromatic heterocycles. The third-order valence-corrected chi connectivity index (χ3v) is 4.86. The number of methoxy groups -OCH3 is 1. The molecule has 0 radical (unpaired) electrons. The minimum absolute atomic E-state index is 0.164. The van der Waals surface area contributed by atoms with Crippen molar-refractivity contribution in [1.82, 2.24) is 0 Å². The molecule has 3 rings (SSSR count). The van der Waals surface area contributed by atoms with Gasteiger partial charge in [0.1, 0.15) is 5.75 Å². The molecule has 136 valence electrons. The van der Waals surface area contributed by atoms with E-state index in [4.69, 9.17) is 27.9 Å². The van der Waals surface area contributed by atoms with Crippen LogP contribution < -0.4 is 15.4 Å². The summed E-state index contributed by atoms with van der Waals surface area (Å²) < 4.78 is 5.08. The predicted molar refractivity (Wildman–Crippen MR) is 103 cm³/mol. The standard InChI is InChI=1S/C19H18Cl2N2O3/c1-10-7-11(20)3-5-16(10)23-19(25)14-9-13(14)18(24)22-12-4-6-17(26-2)15(21)8-12/h3-8,13-14H,9H2,1-2H3,(H,22,24)(H,23,25). The van der Waals surface area contributed by atoms with Crippen molar-refractivity contribution >= 4 is 46.4 Å². The van der Waals surface area contributed by atoms with Crippen molar-refractivity contribution in [1.29, 1.82) is 0 Å². The van der Waals surface area contributed by atoms with E-state index in [-0.39, 0.29) is 23.7 Å². The second-order valence-corrected chi connectivity index (χ2v) is 7.08. The number of halogens is 2. The van der Waals surface area contributed by atoms with E-state index in [1.54, 1.807) is 36.4 Å². The highest BCUT2D eigenvalue weighted by Crippen LogP contribution is 2.40. The molecule has 26 heavy (non-hydrogen) atoms. The lowest BCUT2D eigenvalue weighted by atomic mass is 10.2. The molecule has 1 saturated carbocycles. The quantitative estimate of drug-likeness (QED) is 0.785. The molecule has 1 aliphatic carbocycles. The van der Waals surface area contributed by atoms with Gasteiger partial charge in [-0.2, -0.15) is 0 Å². The van der Waals surface area contributed by atoms with E-state index in [2.05, 4.69) is 10.6 Å². The number of benzene rings is 2. The number of amides is 2. The monoisotopic (exact) mass is 392 g/mol. The van der Waals surface area contributed by atoms with Gasteiger partial charge in [-0.1, -0.05) is 23.2 Å². The Hall–Kier alpha value is -2.24. The topological polar surface area (TPSA) is 67.4 Å². The van der Waals surface area contributed by atoms with Crippen LogP contribution in [-0.2, 0) is 9.59 Å². The first kappa shape index (κ1) is 18.5. The van der Waals surface area contributed by atoms with Gasteiger partial charge in [0, 0.05) is 16.4 Å². The number of aryl methyl sites for hydroxylation is 1. The van der Waals surface area contributed by atoms with E-state index in [0.29, 0.717) is 33.6 Å². The Morgan fingerprint density at radius 1 is 1.04 bits per heavy atom. The summed E-state index contributed by atoms with van der Waals surface area (Å²) in [6.45, 7) is 1.87. The van der Waals surface area contributed by atoms with Gasteiger partial charge in [-0.3, -0.25) is 9.59 Å². The van der Waals surface area contributed by atoms with E-state index in [9.17, 15) is 9.59 Å². The third kappa shape index (κ3) is 4.11. The second-order valence-electron chi connectivity index (χ2n) is 6.24. The maximum Gasteiger partial charge on any atom is 0.228 e. The largest absolute Gasteiger partial charge is 0.495 e. The van der Waals surface area contributed by atoms with Gasteiger partial charge in [0.05, 0.1) is 24.0 Å². The van der Waals surface area contributed by atoms with E-state index in [1.807, 2.05) is 6.92 Å². The van der Waals surface area contributed by atoms with Crippen LogP contribution in [0.25, 0.3) is 0 Å². The fraction of sp³-hybridized carbons (Fsp3) is 0.263. The number of anilines is 2. The van der Waals surface area contributed by atoms with E-state index < -0.39 is 0 Å². The van der Waals surface area contributed by atoms with Crippen molar-refractivity contribution in [2.24, 2.45) is 11.8 Å². The lowest BCUT2D eigenvalue weighted by molar-refractivity contribution is -0.122. The van der Waals surface area contributed by atoms with Gasteiger partial charge < -0.3 is 15.4 Å². The molecule has 2 atom stereocenters. The summed E-state index contributed by atoms with van der Waals surface area (Å²) in [6, 6.07) is 10.3. The lowest BCUT2D eigenvalue weighted by Gasteiger charge is -2.09. The minimum atomic E-state index is -0.344. The summed E-state index contributed by atoms with van der Waals surface area (Å²) in [5.74, 6) is -0.503. The molecule has 2 aromatic rings. The van der Waals surface area contributed by atoms with Crippen molar-refractivity contribution in [2.45, 2.75) is 13.3 Å². The zero-order chi connectivity index (χ0) is 18.8. The zero-order valence-electron chi connectivity index (χ0n) is 14.3. The summed E-state index contributed by atoms with van der Waals surface area (Å²) >= 11 is 12.0. The Bertz CT molecular complexity index is 870. The molecule has 2 amide bonds. The Labute approximate surface area is 161 Å². The van der Waals surface area contributed by atoms with Crippen LogP contribution in [0.4, 0.5) is 11.4 Å². The molecule has 2 unspecified atom stereocenters. The van der Waals surface area contributed by atoms with E-state index in [0.717, 1.165) is 5.56 Å². The first-order valence-electron chi connectivity index (χ1n) is 8.10. The van der Waals surface area contributed by atoms with Crippen LogP contribution >= 0.6 is 23.2 Å². The molecule has 1 aliphatic rings. The van der Waals surface area contributed by atoms with Gasteiger partial charge >= 0.3 is 0 Å². The van der Waals surface area contributed by atoms with Crippen molar-refractivity contribution < 1.29 is 14.3 Å². The van der Waals surface area contributed by atoms with Crippen molar-refractivity contribution in [3.8, 4) is 5.75 Å². The molecule has 2 aromatic carbocycles. The number of rotatable bonds is 5. The molecule has 2 N–H and O–H groups in total. The van der Waals surface area contributed by atoms with Crippen LogP contribution in [-0.4, -0.2) is 18.9 Å². The van der Waals surface area contributed by atoms with E-state index >= 15 is 0 Å². The molecular formula is C19H18Cl2N2O3. The van der Waals surface area contributed by atoms with Gasteiger partial charge in [0.15, 0.2) is 0 Å². The predicted octanol–water partition coefficient (Wildman–Crippen LogP) is 4.52. The average Bonchev–Trinajstić information content (AvgIpc) is 3.38. The summed E-state index contributed by atoms with van der Waals surface area (Å²) in [4.78, 5) is 24.7. The van der Waals surface area contributed by atoms with E-state index in [1.165, 1.54) is 7.11 Å². The Kier molecular flexibility index (Phi) is 5.39. The second kappa shape index (κ2) is 7.56. The molecule has 1 fully saturated rings. The minimum Gasteiger partial charge on any atom is -0.495 e. The molecule has 0 saturated heterocycles. The van der Waals surface area contributed by atoms with Gasteiger partial charge in [-0.05, 0) is 55.3 Å². The molecule has 0 aliphatic heterocycles. The first-order valence-corrected chi connectivity index (χ1v) is 8.86. The SMILES string of the molecule is COc1ccc(NC(=O)C2CC2C(=O)Nc2ccc(Cl)cc2C)cc1Cl. The van der Waals surface area contributed by atoms with Gasteiger partial charge in [0.2, 0.25) is 11.8 Å². The highest BCUT2D eigenvalue weighted by molar-refractivity contribution is 6.32. The summed E-state index contributed by atoms with van der Waals surface area (Å²) in [5, 5.41) is 6.67. The summed E-state index contributed by atoms with van der Waals surface area (Å²) in [5.41, 5.74) is 2.15. The third-order valence-electron chi connectivity index (χ3n) is 4.33. The lowest BCUT2D eigenvalue weighted by Crippen LogP contribution is -2.20. The first-order chi connectivity index (χ1) is 12.4. The highest BCUT2D eigenvalue weighted by atomic mass is 35.5. The normalized spacial score (nSPS) is 18.2. The molecular weight excluding hydrogens is 375 g/mol. The Morgan fingerprint density at radius 3 is 2.35 bits per heavy atom. The summed E-state index contributed by atoms with van der Waals surface area (Å²) in [7, 11) is 1.52. The van der Waals surface area contributed by atoms with Crippen molar-refractivity contribution in [3.05, 3.63) is 52.0 Å². The van der Waals surface area contributed by atoms with Crippen LogP contribution in [0.15, 0.2) is 36.4 Å². The zero-order valence-corrected chi connectivity index (χ0v) is 15.8. The van der Waals surface area contributed by atoms with Crippen molar-refractivity contribution in [2.75, 3.05) is 17.7 Å². The fourth-order valence-corrected chi connectivity index (χ4v) is 3.23. The van der Waals surface area contributed by atoms with Gasteiger partial charge in [-0.25, -0.2) is 0 Å². The molecule has 0 bridgehead atoms. The maximum atomic E-state index is 12.4. The Morgan fingerprint density at radius 2 is 1.73 bits per heavy atom. The average molecular weight is 393 g/mol. The van der Waals surface area contributed by atoms with Crippen LogP contribution in [0.2, 0.25) is 10.0 Å². The smallest absolute Gasteiger partial charge is 0.228 e. The molecule has 7 heteroatoms. The molecule has 0 heterocycles. The van der Waals surface area contributed by atoms with Crippen LogP contribution in [0.1, 0.15) is 12.0 Å². The van der Waals surface area contributed by atoms with Gasteiger partial charge in [-0.15, -0.1) is 0 Å². The highest BCUT2D eigenvalue weighted by Gasteiger charge is 2.48.